The van der Waals surface area contributed by atoms with Crippen molar-refractivity contribution in [1.29, 1.82) is 0 Å². The fourth-order valence-electron chi connectivity index (χ4n) is 0.142. The number of carbonyl (C=O) groups excluding carboxylic acids is 1. The van der Waals surface area contributed by atoms with Crippen LogP contribution in [0.3, 0.4) is 0 Å². The first-order valence-corrected chi connectivity index (χ1v) is 2.98. The first-order chi connectivity index (χ1) is 3.27. The van der Waals surface area contributed by atoms with E-state index < -0.39 is 0 Å². The van der Waals surface area contributed by atoms with E-state index in [0.29, 0.717) is 0 Å². The zero-order valence-corrected chi connectivity index (χ0v) is 8.70. The minimum Gasteiger partial charge on any atom is -0.870 e. The van der Waals surface area contributed by atoms with Crippen molar-refractivity contribution in [1.82, 2.24) is 0 Å². The molecule has 0 rings (SSSR count). The maximum atomic E-state index is 9.96. The van der Waals surface area contributed by atoms with Crippen molar-refractivity contribution in [3.63, 3.8) is 0 Å². The number of hydrogen-bond acceptors (Lipinski definition) is 4. The van der Waals surface area contributed by atoms with E-state index in [4.69, 9.17) is 0 Å². The Kier molecular flexibility index (Phi) is 21.1. The fraction of sp³-hybridized carbons (Fsp3) is 0.750. The summed E-state index contributed by atoms with van der Waals surface area (Å²) < 4.78 is 4.47. The Labute approximate surface area is 81.3 Å². The van der Waals surface area contributed by atoms with Gasteiger partial charge < -0.3 is 9.66 Å². The van der Waals surface area contributed by atoms with Gasteiger partial charge in [-0.1, -0.05) is 6.92 Å². The molecule has 0 radical (unpaired) electrons. The molecule has 0 aromatic carbocycles. The van der Waals surface area contributed by atoms with Gasteiger partial charge in [0.15, 0.2) is 0 Å². The van der Waals surface area contributed by atoms with Crippen molar-refractivity contribution >= 4 is 18.0 Å². The van der Waals surface area contributed by atoms with E-state index in [-0.39, 0.29) is 41.0 Å². The van der Waals surface area contributed by atoms with E-state index in [9.17, 15) is 4.79 Å². The van der Waals surface area contributed by atoms with Gasteiger partial charge in [-0.25, -0.2) is 0 Å². The van der Waals surface area contributed by atoms with Crippen molar-refractivity contribution in [3.05, 3.63) is 0 Å². The third-order valence-electron chi connectivity index (χ3n) is 0.294. The molecule has 0 aromatic heterocycles. The molecule has 0 saturated carbocycles. The van der Waals surface area contributed by atoms with E-state index in [1.54, 1.807) is 0 Å². The monoisotopic (exact) mass is 160 g/mol. The van der Waals surface area contributed by atoms with Crippen molar-refractivity contribution in [3.8, 4) is 0 Å². The summed E-state index contributed by atoms with van der Waals surface area (Å²) in [6.07, 6.45) is 0. The van der Waals surface area contributed by atoms with Gasteiger partial charge in [0.2, 0.25) is 0 Å². The largest absolute Gasteiger partial charge is 1.00 e. The molecule has 9 heavy (non-hydrogen) atoms. The van der Waals surface area contributed by atoms with Gasteiger partial charge in [-0.15, -0.1) is 0 Å². The van der Waals surface area contributed by atoms with Gasteiger partial charge in [-0.3, -0.25) is 4.79 Å². The van der Waals surface area contributed by atoms with Gasteiger partial charge in [-0.2, -0.15) is 0 Å². The summed E-state index contributed by atoms with van der Waals surface area (Å²) in [5.74, 6) is 0.589. The molecule has 0 unspecified atom stereocenters. The quantitative estimate of drug-likeness (QED) is 0.348. The molecular weight excluding hydrogens is 151 g/mol. The van der Waals surface area contributed by atoms with Crippen LogP contribution in [0, 0.1) is 0 Å². The summed E-state index contributed by atoms with van der Waals surface area (Å²) >= 11 is 1.17. The molecule has 0 bridgehead atoms. The Bertz CT molecular complexity index is 68.8. The van der Waals surface area contributed by atoms with Crippen LogP contribution >= 0.6 is 12.0 Å². The smallest absolute Gasteiger partial charge is 0.870 e. The Morgan fingerprint density at radius 2 is 2.11 bits per heavy atom. The molecule has 0 atom stereocenters. The standard InChI is InChI=1S/C4H8O2S.Na.H2O/c1-3-7-6-4(2)5;;/h3H2,1-2H3;;1H2/q;+1;/p-1. The summed E-state index contributed by atoms with van der Waals surface area (Å²) in [5, 5.41) is 0. The minimum atomic E-state index is -0.230. The second kappa shape index (κ2) is 11.6. The van der Waals surface area contributed by atoms with Crippen LogP contribution in [0.5, 0.6) is 0 Å². The summed E-state index contributed by atoms with van der Waals surface area (Å²) in [4.78, 5) is 9.96. The third kappa shape index (κ3) is 17.7. The predicted octanol–water partition coefficient (Wildman–Crippen LogP) is -1.96. The van der Waals surface area contributed by atoms with Crippen LogP contribution in [0.1, 0.15) is 13.8 Å². The average Bonchev–Trinajstić information content (AvgIpc) is 1.61. The second-order valence-corrected chi connectivity index (χ2v) is 1.96. The van der Waals surface area contributed by atoms with Crippen LogP contribution in [0.2, 0.25) is 0 Å². The maximum Gasteiger partial charge on any atom is 1.00 e. The molecule has 0 aliphatic rings. The molecule has 0 aliphatic carbocycles. The first-order valence-electron chi connectivity index (χ1n) is 2.07. The molecular formula is C4H9NaO3S. The van der Waals surface area contributed by atoms with Gasteiger partial charge in [0.05, 0.1) is 12.0 Å². The van der Waals surface area contributed by atoms with Gasteiger partial charge in [0.25, 0.3) is 0 Å². The molecule has 0 aromatic rings. The van der Waals surface area contributed by atoms with Crippen LogP contribution < -0.4 is 29.6 Å². The first kappa shape index (κ1) is 16.4. The van der Waals surface area contributed by atoms with Gasteiger partial charge in [0.1, 0.15) is 0 Å². The molecule has 0 spiro atoms. The Hall–Kier alpha value is 0.780. The van der Waals surface area contributed by atoms with E-state index in [0.717, 1.165) is 5.75 Å². The summed E-state index contributed by atoms with van der Waals surface area (Å²) in [6, 6.07) is 0. The van der Waals surface area contributed by atoms with Crippen LogP contribution in [0.4, 0.5) is 0 Å². The van der Waals surface area contributed by atoms with Crippen molar-refractivity contribution in [2.45, 2.75) is 13.8 Å². The molecule has 5 heteroatoms. The number of carbonyl (C=O) groups is 1. The molecule has 1 N–H and O–H groups in total. The Morgan fingerprint density at radius 3 is 2.22 bits per heavy atom. The molecule has 50 valence electrons. The zero-order chi connectivity index (χ0) is 5.70. The van der Waals surface area contributed by atoms with Crippen molar-refractivity contribution < 1.29 is 44.0 Å². The van der Waals surface area contributed by atoms with E-state index >= 15 is 0 Å². The van der Waals surface area contributed by atoms with Crippen LogP contribution in [-0.2, 0) is 8.98 Å². The third-order valence-corrected chi connectivity index (χ3v) is 0.882. The van der Waals surface area contributed by atoms with Crippen molar-refractivity contribution in [2.24, 2.45) is 0 Å². The minimum absolute atomic E-state index is 0. The molecule has 3 nitrogen and oxygen atoms in total. The van der Waals surface area contributed by atoms with Gasteiger partial charge in [0, 0.05) is 12.7 Å². The predicted molar refractivity (Wildman–Crippen MR) is 31.8 cm³/mol. The maximum absolute atomic E-state index is 9.96. The van der Waals surface area contributed by atoms with Crippen LogP contribution in [0.15, 0.2) is 0 Å². The van der Waals surface area contributed by atoms with Gasteiger partial charge in [-0.05, 0) is 0 Å². The molecule has 0 aliphatic heterocycles. The summed E-state index contributed by atoms with van der Waals surface area (Å²) in [6.45, 7) is 3.32. The van der Waals surface area contributed by atoms with E-state index in [1.165, 1.54) is 19.0 Å². The number of hydrogen-bond donors (Lipinski definition) is 0. The van der Waals surface area contributed by atoms with Crippen LogP contribution in [-0.4, -0.2) is 17.2 Å². The summed E-state index contributed by atoms with van der Waals surface area (Å²) in [5.41, 5.74) is 0. The normalized spacial score (nSPS) is 6.44. The Morgan fingerprint density at radius 1 is 1.67 bits per heavy atom. The molecule has 0 amide bonds. The number of rotatable bonds is 2. The van der Waals surface area contributed by atoms with Gasteiger partial charge >= 0.3 is 35.5 Å². The van der Waals surface area contributed by atoms with E-state index in [2.05, 4.69) is 4.18 Å². The molecule has 0 saturated heterocycles. The molecule has 0 heterocycles. The van der Waals surface area contributed by atoms with Crippen molar-refractivity contribution in [2.75, 3.05) is 5.75 Å². The SMILES string of the molecule is CCSOC(C)=O.[Na+].[OH-]. The topological polar surface area (TPSA) is 56.3 Å². The van der Waals surface area contributed by atoms with E-state index in [1.807, 2.05) is 6.92 Å². The fourth-order valence-corrected chi connectivity index (χ4v) is 0.426. The second-order valence-electron chi connectivity index (χ2n) is 0.981. The molecule has 0 fully saturated rings. The summed E-state index contributed by atoms with van der Waals surface area (Å²) in [7, 11) is 0. The Balaban J connectivity index is -0.000000180. The average molecular weight is 160 g/mol. The zero-order valence-electron chi connectivity index (χ0n) is 5.88. The van der Waals surface area contributed by atoms with Crippen LogP contribution in [0.25, 0.3) is 0 Å².